The van der Waals surface area contributed by atoms with E-state index in [9.17, 15) is 21.6 Å². The van der Waals surface area contributed by atoms with Crippen molar-refractivity contribution in [3.8, 4) is 0 Å². The van der Waals surface area contributed by atoms with Crippen LogP contribution in [0.1, 0.15) is 77.6 Å². The maximum absolute atomic E-state index is 11.5. The number of hydrogen-bond acceptors (Lipinski definition) is 7. The lowest BCUT2D eigenvalue weighted by molar-refractivity contribution is -0.119. The fraction of sp³-hybridized carbons (Fsp3) is 0.941. The summed E-state index contributed by atoms with van der Waals surface area (Å²) in [5, 5.41) is 0. The Balaban J connectivity index is 3.89. The van der Waals surface area contributed by atoms with Crippen LogP contribution in [-0.2, 0) is 33.4 Å². The van der Waals surface area contributed by atoms with Crippen molar-refractivity contribution in [2.45, 2.75) is 83.7 Å². The highest BCUT2D eigenvalue weighted by Gasteiger charge is 2.18. The van der Waals surface area contributed by atoms with Gasteiger partial charge in [-0.1, -0.05) is 45.4 Å². The van der Waals surface area contributed by atoms with E-state index in [4.69, 9.17) is 4.18 Å². The van der Waals surface area contributed by atoms with E-state index in [2.05, 4.69) is 11.1 Å². The van der Waals surface area contributed by atoms with Gasteiger partial charge in [-0.05, 0) is 19.3 Å². The average molecular weight is 415 g/mol. The minimum atomic E-state index is -3.67. The van der Waals surface area contributed by atoms with Gasteiger partial charge in [-0.2, -0.15) is 16.8 Å². The summed E-state index contributed by atoms with van der Waals surface area (Å²) in [5.74, 6) is 0.346. The summed E-state index contributed by atoms with van der Waals surface area (Å²) in [7, 11) is -7.30. The second-order valence-corrected chi connectivity index (χ2v) is 9.96. The highest BCUT2D eigenvalue weighted by molar-refractivity contribution is 7.86. The third-order valence-electron chi connectivity index (χ3n) is 3.82. The van der Waals surface area contributed by atoms with E-state index in [-0.39, 0.29) is 6.61 Å². The molecule has 1 atom stereocenters. The molecule has 26 heavy (non-hydrogen) atoms. The van der Waals surface area contributed by atoms with Gasteiger partial charge in [0.25, 0.3) is 20.2 Å². The molecule has 0 aliphatic heterocycles. The number of unbranched alkanes of at least 4 members (excludes halogenated alkanes) is 6. The zero-order valence-corrected chi connectivity index (χ0v) is 17.9. The van der Waals surface area contributed by atoms with Gasteiger partial charge >= 0.3 is 0 Å². The Morgan fingerprint density at radius 2 is 1.35 bits per heavy atom. The lowest BCUT2D eigenvalue weighted by Gasteiger charge is -2.15. The van der Waals surface area contributed by atoms with Crippen LogP contribution in [0.3, 0.4) is 0 Å². The molecule has 7 nitrogen and oxygen atoms in total. The number of carbonyl (C=O) groups excluding carboxylic acids is 1. The molecule has 0 rings (SSSR count). The molecule has 0 fully saturated rings. The molecule has 0 bridgehead atoms. The Kier molecular flexibility index (Phi) is 13.4. The van der Waals surface area contributed by atoms with Crippen LogP contribution in [0.15, 0.2) is 0 Å². The SMILES string of the molecule is CCCCC(=O)CCCCCCCC[C@@H](COS(C)(=O)=O)OS(C)(=O)=O. The lowest BCUT2D eigenvalue weighted by atomic mass is 10.0. The number of Topliss-reactive ketones (excluding diaryl/α,β-unsaturated/α-hetero) is 1. The first-order valence-corrected chi connectivity index (χ1v) is 12.9. The second-order valence-electron chi connectivity index (χ2n) is 6.71. The molecule has 0 aromatic rings. The molecule has 0 aliphatic carbocycles. The fourth-order valence-corrected chi connectivity index (χ4v) is 3.55. The third-order valence-corrected chi connectivity index (χ3v) is 5.01. The molecular weight excluding hydrogens is 380 g/mol. The zero-order chi connectivity index (χ0) is 20.1. The molecule has 0 spiro atoms. The van der Waals surface area contributed by atoms with Gasteiger partial charge in [0.1, 0.15) is 11.9 Å². The van der Waals surface area contributed by atoms with Crippen molar-refractivity contribution < 1.29 is 30.0 Å². The first-order chi connectivity index (χ1) is 12.0. The van der Waals surface area contributed by atoms with Crippen molar-refractivity contribution in [3.63, 3.8) is 0 Å². The topological polar surface area (TPSA) is 104 Å². The summed E-state index contributed by atoms with van der Waals surface area (Å²) < 4.78 is 54.1. The van der Waals surface area contributed by atoms with Crippen molar-refractivity contribution in [2.75, 3.05) is 19.1 Å². The molecule has 0 saturated heterocycles. The first-order valence-electron chi connectivity index (χ1n) is 9.28. The van der Waals surface area contributed by atoms with Gasteiger partial charge in [0.15, 0.2) is 0 Å². The molecular formula is C17H34O7S2. The number of hydrogen-bond donors (Lipinski definition) is 0. The molecule has 156 valence electrons. The Bertz CT molecular complexity index is 582. The molecule has 9 heteroatoms. The molecule has 0 aromatic carbocycles. The molecule has 0 saturated carbocycles. The molecule has 0 heterocycles. The van der Waals surface area contributed by atoms with E-state index in [0.29, 0.717) is 25.0 Å². The monoisotopic (exact) mass is 414 g/mol. The summed E-state index contributed by atoms with van der Waals surface area (Å²) in [6.07, 6.45) is 10.4. The second kappa shape index (κ2) is 13.6. The van der Waals surface area contributed by atoms with Gasteiger partial charge in [0.2, 0.25) is 0 Å². The van der Waals surface area contributed by atoms with Crippen molar-refractivity contribution in [1.29, 1.82) is 0 Å². The Hall–Kier alpha value is -0.510. The van der Waals surface area contributed by atoms with Crippen LogP contribution in [0.2, 0.25) is 0 Å². The summed E-state index contributed by atoms with van der Waals surface area (Å²) in [6.45, 7) is 1.78. The summed E-state index contributed by atoms with van der Waals surface area (Å²) in [6, 6.07) is 0. The van der Waals surface area contributed by atoms with Crippen LogP contribution >= 0.6 is 0 Å². The smallest absolute Gasteiger partial charge is 0.264 e. The maximum Gasteiger partial charge on any atom is 0.264 e. The average Bonchev–Trinajstić information content (AvgIpc) is 2.50. The Morgan fingerprint density at radius 1 is 0.808 bits per heavy atom. The minimum absolute atomic E-state index is 0.300. The van der Waals surface area contributed by atoms with Crippen LogP contribution in [-0.4, -0.2) is 47.8 Å². The summed E-state index contributed by atoms with van der Waals surface area (Å²) >= 11 is 0. The van der Waals surface area contributed by atoms with Crippen molar-refractivity contribution in [2.24, 2.45) is 0 Å². The van der Waals surface area contributed by atoms with Gasteiger partial charge in [-0.15, -0.1) is 0 Å². The zero-order valence-electron chi connectivity index (χ0n) is 16.2. The van der Waals surface area contributed by atoms with Crippen molar-refractivity contribution >= 4 is 26.0 Å². The van der Waals surface area contributed by atoms with Crippen LogP contribution < -0.4 is 0 Å². The quantitative estimate of drug-likeness (QED) is 0.266. The van der Waals surface area contributed by atoms with Crippen molar-refractivity contribution in [3.05, 3.63) is 0 Å². The molecule has 0 aliphatic rings. The van der Waals surface area contributed by atoms with E-state index in [0.717, 1.165) is 63.9 Å². The normalized spacial score (nSPS) is 13.7. The van der Waals surface area contributed by atoms with Gasteiger partial charge in [0, 0.05) is 12.8 Å². The first kappa shape index (κ1) is 25.5. The highest BCUT2D eigenvalue weighted by atomic mass is 32.2. The van der Waals surface area contributed by atoms with Crippen molar-refractivity contribution in [1.82, 2.24) is 0 Å². The molecule has 0 aromatic heterocycles. The van der Waals surface area contributed by atoms with E-state index in [1.165, 1.54) is 0 Å². The van der Waals surface area contributed by atoms with Gasteiger partial charge < -0.3 is 0 Å². The predicted molar refractivity (Wildman–Crippen MR) is 102 cm³/mol. The molecule has 0 amide bonds. The van der Waals surface area contributed by atoms with Crippen LogP contribution in [0.4, 0.5) is 0 Å². The Morgan fingerprint density at radius 3 is 1.88 bits per heavy atom. The largest absolute Gasteiger partial charge is 0.300 e. The van der Waals surface area contributed by atoms with Gasteiger partial charge in [0.05, 0.1) is 19.1 Å². The van der Waals surface area contributed by atoms with Crippen LogP contribution in [0.5, 0.6) is 0 Å². The fourth-order valence-electron chi connectivity index (χ4n) is 2.51. The molecule has 0 unspecified atom stereocenters. The number of carbonyl (C=O) groups is 1. The van der Waals surface area contributed by atoms with E-state index >= 15 is 0 Å². The summed E-state index contributed by atoms with van der Waals surface area (Å²) in [5.41, 5.74) is 0. The predicted octanol–water partition coefficient (Wildman–Crippen LogP) is 3.19. The maximum atomic E-state index is 11.5. The third kappa shape index (κ3) is 18.3. The molecule has 0 radical (unpaired) electrons. The van der Waals surface area contributed by atoms with E-state index in [1.807, 2.05) is 0 Å². The highest BCUT2D eigenvalue weighted by Crippen LogP contribution is 2.14. The number of ketones is 1. The van der Waals surface area contributed by atoms with E-state index < -0.39 is 26.3 Å². The van der Waals surface area contributed by atoms with Gasteiger partial charge in [-0.3, -0.25) is 13.2 Å². The summed E-state index contributed by atoms with van der Waals surface area (Å²) in [4.78, 5) is 11.5. The minimum Gasteiger partial charge on any atom is -0.300 e. The standard InChI is InChI=1S/C17H34O7S2/c1-4-5-12-16(18)13-10-8-6-7-9-11-14-17(24-26(3,21)22)15-23-25(2,19)20/h17H,4-15H2,1-3H3/t17-/m0/s1. The van der Waals surface area contributed by atoms with Crippen LogP contribution in [0, 0.1) is 0 Å². The lowest BCUT2D eigenvalue weighted by Crippen LogP contribution is -2.24. The number of rotatable bonds is 17. The molecule has 0 N–H and O–H groups in total. The van der Waals surface area contributed by atoms with E-state index in [1.54, 1.807) is 0 Å². The van der Waals surface area contributed by atoms with Gasteiger partial charge in [-0.25, -0.2) is 0 Å². The Labute approximate surface area is 159 Å². The van der Waals surface area contributed by atoms with Crippen LogP contribution in [0.25, 0.3) is 0 Å².